The third-order valence-corrected chi connectivity index (χ3v) is 4.15. The van der Waals surface area contributed by atoms with Gasteiger partial charge in [-0.15, -0.1) is 11.8 Å². The molecule has 0 radical (unpaired) electrons. The molecule has 0 heterocycles. The molecule has 0 fully saturated rings. The highest BCUT2D eigenvalue weighted by Crippen LogP contribution is 2.29. The number of nitrogens with two attached hydrogens (primary N) is 1. The lowest BCUT2D eigenvalue weighted by molar-refractivity contribution is -0.384. The first-order chi connectivity index (χ1) is 11.4. The maximum absolute atomic E-state index is 12.0. The van der Waals surface area contributed by atoms with Crippen molar-refractivity contribution in [1.29, 1.82) is 0 Å². The fourth-order valence-electron chi connectivity index (χ4n) is 2.19. The average molecular weight is 343 g/mol. The number of thioether (sulfide) groups is 1. The summed E-state index contributed by atoms with van der Waals surface area (Å²) in [6.07, 6.45) is 1.83. The normalized spacial score (nSPS) is 11.6. The summed E-state index contributed by atoms with van der Waals surface area (Å²) in [5, 5.41) is 14.6. The number of hydrogen-bond donors (Lipinski definition) is 2. The molecule has 6 nitrogen and oxygen atoms in total. The van der Waals surface area contributed by atoms with E-state index in [0.717, 1.165) is 11.3 Å². The number of anilines is 1. The minimum Gasteiger partial charge on any atom is -0.365 e. The molecule has 0 aromatic heterocycles. The molecule has 0 bridgehead atoms. The molecule has 1 amide bonds. The predicted octanol–water partition coefficient (Wildman–Crippen LogP) is 3.53. The van der Waals surface area contributed by atoms with Crippen molar-refractivity contribution in [1.82, 2.24) is 0 Å². The van der Waals surface area contributed by atoms with Crippen LogP contribution in [0, 0.1) is 17.0 Å². The number of nitro benzene ring substituents is 1. The molecule has 7 heteroatoms. The van der Waals surface area contributed by atoms with E-state index in [0.29, 0.717) is 16.2 Å². The lowest BCUT2D eigenvalue weighted by atomic mass is 10.1. The summed E-state index contributed by atoms with van der Waals surface area (Å²) in [7, 11) is 0. The Bertz CT molecular complexity index is 801. The minimum atomic E-state index is -0.603. The topological polar surface area (TPSA) is 98.3 Å². The number of carbonyl (C=O) groups is 1. The Morgan fingerprint density at radius 1 is 1.17 bits per heavy atom. The molecular weight excluding hydrogens is 326 g/mol. The highest BCUT2D eigenvalue weighted by atomic mass is 32.2. The maximum Gasteiger partial charge on any atom is 0.269 e. The summed E-state index contributed by atoms with van der Waals surface area (Å²) in [6, 6.07) is 13.4. The van der Waals surface area contributed by atoms with Crippen LogP contribution in [0.15, 0.2) is 53.6 Å². The van der Waals surface area contributed by atoms with E-state index in [-0.39, 0.29) is 5.69 Å². The number of carbonyl (C=O) groups excluding carboxylic acids is 1. The maximum atomic E-state index is 12.0. The van der Waals surface area contributed by atoms with Crippen LogP contribution in [0.4, 0.5) is 11.4 Å². The summed E-state index contributed by atoms with van der Waals surface area (Å²) < 4.78 is 0. The molecular formula is C17H17N3O3S. The molecule has 0 aliphatic rings. The van der Waals surface area contributed by atoms with Gasteiger partial charge in [-0.25, -0.2) is 0 Å². The van der Waals surface area contributed by atoms with Crippen LogP contribution in [0.3, 0.4) is 0 Å². The zero-order valence-electron chi connectivity index (χ0n) is 13.3. The molecule has 2 rings (SSSR count). The van der Waals surface area contributed by atoms with Crippen LogP contribution in [-0.4, -0.2) is 17.1 Å². The van der Waals surface area contributed by atoms with Crippen molar-refractivity contribution in [3.8, 4) is 0 Å². The average Bonchev–Trinajstić information content (AvgIpc) is 2.56. The molecule has 0 saturated heterocycles. The van der Waals surface area contributed by atoms with Gasteiger partial charge in [-0.05, 0) is 42.5 Å². The Balaban J connectivity index is 2.48. The number of primary amides is 1. The quantitative estimate of drug-likeness (QED) is 0.475. The minimum absolute atomic E-state index is 0.0415. The van der Waals surface area contributed by atoms with E-state index in [4.69, 9.17) is 5.73 Å². The van der Waals surface area contributed by atoms with E-state index >= 15 is 0 Å². The Morgan fingerprint density at radius 2 is 1.79 bits per heavy atom. The first kappa shape index (κ1) is 17.6. The van der Waals surface area contributed by atoms with Crippen molar-refractivity contribution in [2.75, 3.05) is 11.6 Å². The molecule has 0 aliphatic heterocycles. The highest BCUT2D eigenvalue weighted by Gasteiger charge is 2.17. The number of non-ortho nitro benzene ring substituents is 1. The summed E-state index contributed by atoms with van der Waals surface area (Å²) in [5.41, 5.74) is 8.22. The second-order valence-corrected chi connectivity index (χ2v) is 5.83. The summed E-state index contributed by atoms with van der Waals surface area (Å²) in [6.45, 7) is 1.95. The van der Waals surface area contributed by atoms with Crippen molar-refractivity contribution in [2.24, 2.45) is 5.73 Å². The van der Waals surface area contributed by atoms with Crippen molar-refractivity contribution < 1.29 is 9.72 Å². The fourth-order valence-corrected chi connectivity index (χ4v) is 2.82. The van der Waals surface area contributed by atoms with Gasteiger partial charge in [-0.3, -0.25) is 14.9 Å². The standard InChI is InChI=1S/C17H17N3O3S/c1-11-5-3-4-6-14(11)19-17(24-2)15(16(18)21)12-7-9-13(10-8-12)20(22)23/h3-10,19H,1-2H3,(H2,18,21)/b17-15-. The number of rotatable bonds is 6. The van der Waals surface area contributed by atoms with Crippen LogP contribution in [0.25, 0.3) is 5.57 Å². The first-order valence-corrected chi connectivity index (χ1v) is 8.32. The van der Waals surface area contributed by atoms with Gasteiger partial charge in [-0.1, -0.05) is 18.2 Å². The first-order valence-electron chi connectivity index (χ1n) is 7.09. The van der Waals surface area contributed by atoms with Crippen molar-refractivity contribution in [3.05, 3.63) is 74.8 Å². The molecule has 3 N–H and O–H groups in total. The molecule has 0 saturated carbocycles. The zero-order valence-corrected chi connectivity index (χ0v) is 14.1. The summed E-state index contributed by atoms with van der Waals surface area (Å²) in [5.74, 6) is -0.603. The molecule has 24 heavy (non-hydrogen) atoms. The third-order valence-electron chi connectivity index (χ3n) is 3.44. The Morgan fingerprint density at radius 3 is 2.29 bits per heavy atom. The smallest absolute Gasteiger partial charge is 0.269 e. The monoisotopic (exact) mass is 343 g/mol. The third kappa shape index (κ3) is 3.94. The largest absolute Gasteiger partial charge is 0.365 e. The van der Waals surface area contributed by atoms with E-state index in [9.17, 15) is 14.9 Å². The van der Waals surface area contributed by atoms with Gasteiger partial charge < -0.3 is 11.1 Å². The van der Waals surface area contributed by atoms with Gasteiger partial charge >= 0.3 is 0 Å². The molecule has 0 atom stereocenters. The molecule has 0 aliphatic carbocycles. The Hall–Kier alpha value is -2.80. The Kier molecular flexibility index (Phi) is 5.59. The number of benzene rings is 2. The van der Waals surface area contributed by atoms with E-state index < -0.39 is 10.8 Å². The molecule has 2 aromatic rings. The SMILES string of the molecule is CS/C(Nc1ccccc1C)=C(\C(N)=O)c1ccc([N+](=O)[O-])cc1. The second-order valence-electron chi connectivity index (χ2n) is 5.02. The number of aryl methyl sites for hydroxylation is 1. The fraction of sp³-hybridized carbons (Fsp3) is 0.118. The molecule has 2 aromatic carbocycles. The second kappa shape index (κ2) is 7.65. The van der Waals surface area contributed by atoms with Crippen molar-refractivity contribution in [2.45, 2.75) is 6.92 Å². The van der Waals surface area contributed by atoms with Crippen LogP contribution < -0.4 is 11.1 Å². The number of nitrogens with one attached hydrogen (secondary N) is 1. The van der Waals surface area contributed by atoms with Crippen molar-refractivity contribution >= 4 is 34.6 Å². The van der Waals surface area contributed by atoms with Crippen LogP contribution in [-0.2, 0) is 4.79 Å². The zero-order chi connectivity index (χ0) is 17.7. The van der Waals surface area contributed by atoms with E-state index in [1.54, 1.807) is 0 Å². The highest BCUT2D eigenvalue weighted by molar-refractivity contribution is 8.02. The van der Waals surface area contributed by atoms with Gasteiger partial charge in [-0.2, -0.15) is 0 Å². The van der Waals surface area contributed by atoms with Crippen LogP contribution in [0.5, 0.6) is 0 Å². The van der Waals surface area contributed by atoms with Gasteiger partial charge in [0.15, 0.2) is 0 Å². The van der Waals surface area contributed by atoms with Gasteiger partial charge in [0.2, 0.25) is 0 Å². The number of nitro groups is 1. The van der Waals surface area contributed by atoms with Gasteiger partial charge in [0.05, 0.1) is 15.5 Å². The van der Waals surface area contributed by atoms with Crippen molar-refractivity contribution in [3.63, 3.8) is 0 Å². The van der Waals surface area contributed by atoms with Gasteiger partial charge in [0.25, 0.3) is 11.6 Å². The lowest BCUT2D eigenvalue weighted by Crippen LogP contribution is -2.17. The molecule has 0 spiro atoms. The van der Waals surface area contributed by atoms with E-state index in [1.165, 1.54) is 36.0 Å². The number of para-hydroxylation sites is 1. The lowest BCUT2D eigenvalue weighted by Gasteiger charge is -2.15. The molecule has 124 valence electrons. The molecule has 0 unspecified atom stereocenters. The van der Waals surface area contributed by atoms with E-state index in [2.05, 4.69) is 5.32 Å². The van der Waals surface area contributed by atoms with Gasteiger partial charge in [0.1, 0.15) is 0 Å². The van der Waals surface area contributed by atoms with Crippen LogP contribution in [0.2, 0.25) is 0 Å². The number of hydrogen-bond acceptors (Lipinski definition) is 5. The van der Waals surface area contributed by atoms with Crippen LogP contribution in [0.1, 0.15) is 11.1 Å². The predicted molar refractivity (Wildman–Crippen MR) is 97.5 cm³/mol. The van der Waals surface area contributed by atoms with Gasteiger partial charge in [0, 0.05) is 17.8 Å². The Labute approximate surface area is 143 Å². The summed E-state index contributed by atoms with van der Waals surface area (Å²) in [4.78, 5) is 22.3. The number of amides is 1. The van der Waals surface area contributed by atoms with Crippen LogP contribution >= 0.6 is 11.8 Å². The van der Waals surface area contributed by atoms with E-state index in [1.807, 2.05) is 37.4 Å². The number of nitrogens with zero attached hydrogens (tertiary/aromatic N) is 1. The summed E-state index contributed by atoms with van der Waals surface area (Å²) >= 11 is 1.35.